The van der Waals surface area contributed by atoms with Crippen molar-refractivity contribution in [3.8, 4) is 0 Å². The standard InChI is InChI=1S/C19H24/c1-15(2)18-13-9-8-10-16(18)14-19(3,4)17-11-6-5-7-12-17/h5-13,15H,14H2,1-4H3. The van der Waals surface area contributed by atoms with Crippen molar-refractivity contribution >= 4 is 0 Å². The van der Waals surface area contributed by atoms with Crippen LogP contribution >= 0.6 is 0 Å². The Morgan fingerprint density at radius 3 is 2.05 bits per heavy atom. The molecule has 0 amide bonds. The second kappa shape index (κ2) is 5.61. The zero-order valence-corrected chi connectivity index (χ0v) is 12.5. The molecule has 2 rings (SSSR count). The van der Waals surface area contributed by atoms with Gasteiger partial charge in [0.2, 0.25) is 0 Å². The van der Waals surface area contributed by atoms with Crippen LogP contribution < -0.4 is 0 Å². The van der Waals surface area contributed by atoms with Gasteiger partial charge in [0.1, 0.15) is 0 Å². The lowest BCUT2D eigenvalue weighted by molar-refractivity contribution is 0.519. The van der Waals surface area contributed by atoms with Crippen LogP contribution in [0.15, 0.2) is 54.6 Å². The van der Waals surface area contributed by atoms with Crippen molar-refractivity contribution in [1.82, 2.24) is 0 Å². The Labute approximate surface area is 117 Å². The van der Waals surface area contributed by atoms with Gasteiger partial charge in [-0.1, -0.05) is 82.3 Å². The summed E-state index contributed by atoms with van der Waals surface area (Å²) in [5.74, 6) is 0.586. The molecule has 0 heteroatoms. The van der Waals surface area contributed by atoms with Crippen LogP contribution in [0.3, 0.4) is 0 Å². The van der Waals surface area contributed by atoms with E-state index < -0.39 is 0 Å². The molecule has 0 aromatic heterocycles. The summed E-state index contributed by atoms with van der Waals surface area (Å²) in [4.78, 5) is 0. The fourth-order valence-corrected chi connectivity index (χ4v) is 2.73. The van der Waals surface area contributed by atoms with Crippen molar-refractivity contribution in [3.63, 3.8) is 0 Å². The molecule has 0 bridgehead atoms. The Kier molecular flexibility index (Phi) is 4.09. The van der Waals surface area contributed by atoms with Gasteiger partial charge in [-0.25, -0.2) is 0 Å². The minimum absolute atomic E-state index is 0.173. The van der Waals surface area contributed by atoms with Crippen LogP contribution in [0, 0.1) is 0 Å². The lowest BCUT2D eigenvalue weighted by Crippen LogP contribution is -2.21. The quantitative estimate of drug-likeness (QED) is 0.690. The van der Waals surface area contributed by atoms with Crippen LogP contribution in [-0.2, 0) is 11.8 Å². The van der Waals surface area contributed by atoms with E-state index in [9.17, 15) is 0 Å². The summed E-state index contributed by atoms with van der Waals surface area (Å²) in [6.45, 7) is 9.21. The largest absolute Gasteiger partial charge is 0.0622 e. The molecule has 19 heavy (non-hydrogen) atoms. The second-order valence-electron chi connectivity index (χ2n) is 6.28. The molecular weight excluding hydrogens is 228 g/mol. The van der Waals surface area contributed by atoms with Gasteiger partial charge >= 0.3 is 0 Å². The normalized spacial score (nSPS) is 11.8. The lowest BCUT2D eigenvalue weighted by Gasteiger charge is -2.27. The third kappa shape index (κ3) is 3.26. The third-order valence-electron chi connectivity index (χ3n) is 3.86. The predicted octanol–water partition coefficient (Wildman–Crippen LogP) is 5.33. The first-order valence-corrected chi connectivity index (χ1v) is 7.14. The van der Waals surface area contributed by atoms with Gasteiger partial charge in [0, 0.05) is 0 Å². The molecule has 0 saturated carbocycles. The predicted molar refractivity (Wildman–Crippen MR) is 83.7 cm³/mol. The minimum Gasteiger partial charge on any atom is -0.0622 e. The van der Waals surface area contributed by atoms with Gasteiger partial charge < -0.3 is 0 Å². The fraction of sp³-hybridized carbons (Fsp3) is 0.368. The van der Waals surface area contributed by atoms with Crippen LogP contribution in [-0.4, -0.2) is 0 Å². The topological polar surface area (TPSA) is 0 Å². The van der Waals surface area contributed by atoms with Gasteiger partial charge in [0.15, 0.2) is 0 Å². The molecule has 0 N–H and O–H groups in total. The zero-order chi connectivity index (χ0) is 13.9. The van der Waals surface area contributed by atoms with Gasteiger partial charge in [-0.05, 0) is 34.4 Å². The average Bonchev–Trinajstić information content (AvgIpc) is 2.39. The van der Waals surface area contributed by atoms with Crippen molar-refractivity contribution < 1.29 is 0 Å². The average molecular weight is 252 g/mol. The van der Waals surface area contributed by atoms with E-state index >= 15 is 0 Å². The highest BCUT2D eigenvalue weighted by Crippen LogP contribution is 2.30. The van der Waals surface area contributed by atoms with E-state index in [1.54, 1.807) is 0 Å². The van der Waals surface area contributed by atoms with Crippen molar-refractivity contribution in [3.05, 3.63) is 71.3 Å². The van der Waals surface area contributed by atoms with Gasteiger partial charge in [0.25, 0.3) is 0 Å². The summed E-state index contributed by atoms with van der Waals surface area (Å²) >= 11 is 0. The zero-order valence-electron chi connectivity index (χ0n) is 12.5. The highest BCUT2D eigenvalue weighted by atomic mass is 14.3. The highest BCUT2D eigenvalue weighted by Gasteiger charge is 2.22. The van der Waals surface area contributed by atoms with Crippen molar-refractivity contribution in [2.24, 2.45) is 0 Å². The van der Waals surface area contributed by atoms with E-state index in [2.05, 4.69) is 82.3 Å². The van der Waals surface area contributed by atoms with E-state index in [0.717, 1.165) is 6.42 Å². The minimum atomic E-state index is 0.173. The molecule has 0 heterocycles. The van der Waals surface area contributed by atoms with Gasteiger partial charge in [-0.3, -0.25) is 0 Å². The SMILES string of the molecule is CC(C)c1ccccc1CC(C)(C)c1ccccc1. The van der Waals surface area contributed by atoms with E-state index in [-0.39, 0.29) is 5.41 Å². The molecule has 0 spiro atoms. The van der Waals surface area contributed by atoms with Crippen LogP contribution in [0.25, 0.3) is 0 Å². The van der Waals surface area contributed by atoms with Gasteiger partial charge in [-0.2, -0.15) is 0 Å². The summed E-state index contributed by atoms with van der Waals surface area (Å²) in [5.41, 5.74) is 4.54. The molecule has 0 aliphatic heterocycles. The first-order valence-electron chi connectivity index (χ1n) is 7.14. The van der Waals surface area contributed by atoms with Crippen molar-refractivity contribution in [2.75, 3.05) is 0 Å². The van der Waals surface area contributed by atoms with E-state index in [0.29, 0.717) is 5.92 Å². The highest BCUT2D eigenvalue weighted by molar-refractivity contribution is 5.34. The molecule has 0 nitrogen and oxygen atoms in total. The molecule has 0 saturated heterocycles. The number of hydrogen-bond acceptors (Lipinski definition) is 0. The molecule has 0 aliphatic carbocycles. The summed E-state index contributed by atoms with van der Waals surface area (Å²) in [6, 6.07) is 19.7. The Hall–Kier alpha value is -1.56. The van der Waals surface area contributed by atoms with Crippen molar-refractivity contribution in [1.29, 1.82) is 0 Å². The Balaban J connectivity index is 2.31. The van der Waals surface area contributed by atoms with Crippen molar-refractivity contribution in [2.45, 2.75) is 45.4 Å². The molecule has 0 unspecified atom stereocenters. The lowest BCUT2D eigenvalue weighted by atomic mass is 9.77. The Morgan fingerprint density at radius 1 is 0.842 bits per heavy atom. The first-order chi connectivity index (χ1) is 9.00. The molecule has 0 atom stereocenters. The maximum Gasteiger partial charge on any atom is -0.00631 e. The smallest absolute Gasteiger partial charge is 0.00631 e. The van der Waals surface area contributed by atoms with Crippen LogP contribution in [0.2, 0.25) is 0 Å². The molecular formula is C19H24. The monoisotopic (exact) mass is 252 g/mol. The maximum atomic E-state index is 2.33. The number of rotatable bonds is 4. The fourth-order valence-electron chi connectivity index (χ4n) is 2.73. The molecule has 2 aromatic rings. The first kappa shape index (κ1) is 13.9. The summed E-state index contributed by atoms with van der Waals surface area (Å²) < 4.78 is 0. The summed E-state index contributed by atoms with van der Waals surface area (Å²) in [5, 5.41) is 0. The van der Waals surface area contributed by atoms with Crippen LogP contribution in [0.5, 0.6) is 0 Å². The van der Waals surface area contributed by atoms with Crippen LogP contribution in [0.1, 0.15) is 50.3 Å². The van der Waals surface area contributed by atoms with E-state index in [1.165, 1.54) is 16.7 Å². The Morgan fingerprint density at radius 2 is 1.42 bits per heavy atom. The molecule has 2 aromatic carbocycles. The molecule has 0 aliphatic rings. The maximum absolute atomic E-state index is 2.33. The summed E-state index contributed by atoms with van der Waals surface area (Å²) in [7, 11) is 0. The number of benzene rings is 2. The third-order valence-corrected chi connectivity index (χ3v) is 3.86. The van der Waals surface area contributed by atoms with Gasteiger partial charge in [0.05, 0.1) is 0 Å². The van der Waals surface area contributed by atoms with Crippen LogP contribution in [0.4, 0.5) is 0 Å². The van der Waals surface area contributed by atoms with E-state index in [4.69, 9.17) is 0 Å². The molecule has 100 valence electrons. The second-order valence-corrected chi connectivity index (χ2v) is 6.28. The van der Waals surface area contributed by atoms with E-state index in [1.807, 2.05) is 0 Å². The molecule has 0 radical (unpaired) electrons. The molecule has 0 fully saturated rings. The van der Waals surface area contributed by atoms with Gasteiger partial charge in [-0.15, -0.1) is 0 Å². The summed E-state index contributed by atoms with van der Waals surface area (Å²) in [6.07, 6.45) is 1.09. The number of hydrogen-bond donors (Lipinski definition) is 0. The Bertz CT molecular complexity index is 521.